The van der Waals surface area contributed by atoms with Crippen LogP contribution in [0.5, 0.6) is 0 Å². The number of nitrogens with zero attached hydrogens (tertiary/aromatic N) is 1. The van der Waals surface area contributed by atoms with Crippen LogP contribution < -0.4 is 0 Å². The lowest BCUT2D eigenvalue weighted by Gasteiger charge is -1.70. The summed E-state index contributed by atoms with van der Waals surface area (Å²) in [5, 5.41) is 0.759. The Balaban J connectivity index is 0.000000120. The highest BCUT2D eigenvalue weighted by molar-refractivity contribution is 6.30. The van der Waals surface area contributed by atoms with Gasteiger partial charge in [-0.25, -0.2) is 0 Å². The predicted molar refractivity (Wildman–Crippen MR) is 50.0 cm³/mol. The van der Waals surface area contributed by atoms with E-state index in [-0.39, 0.29) is 0 Å². The van der Waals surface area contributed by atoms with E-state index in [1.165, 1.54) is 0 Å². The summed E-state index contributed by atoms with van der Waals surface area (Å²) in [5.41, 5.74) is 0. The van der Waals surface area contributed by atoms with E-state index in [2.05, 4.69) is 9.97 Å². The van der Waals surface area contributed by atoms with Crippen LogP contribution in [0.25, 0.3) is 0 Å². The van der Waals surface area contributed by atoms with Crippen molar-refractivity contribution < 1.29 is 0 Å². The van der Waals surface area contributed by atoms with Gasteiger partial charge in [0.1, 0.15) is 0 Å². The number of H-pyrrole nitrogens is 1. The standard InChI is InChI=1S/C5H5N.C4H4ClN/c1-2-4-6-5-3-1;5-4-1-2-6-3-4/h1-5H;1-3,6H. The minimum absolute atomic E-state index is 0.759. The Kier molecular flexibility index (Phi) is 3.95. The Morgan fingerprint density at radius 1 is 1.17 bits per heavy atom. The van der Waals surface area contributed by atoms with Crippen LogP contribution in [0.4, 0.5) is 0 Å². The van der Waals surface area contributed by atoms with Crippen LogP contribution in [0.15, 0.2) is 49.1 Å². The third kappa shape index (κ3) is 3.78. The quantitative estimate of drug-likeness (QED) is 0.664. The number of hydrogen-bond donors (Lipinski definition) is 1. The summed E-state index contributed by atoms with van der Waals surface area (Å²) in [5.74, 6) is 0. The van der Waals surface area contributed by atoms with Crippen LogP contribution in [0.3, 0.4) is 0 Å². The van der Waals surface area contributed by atoms with Gasteiger partial charge in [-0.15, -0.1) is 0 Å². The van der Waals surface area contributed by atoms with E-state index in [1.54, 1.807) is 30.9 Å². The summed E-state index contributed by atoms with van der Waals surface area (Å²) in [6.45, 7) is 0. The van der Waals surface area contributed by atoms with Crippen molar-refractivity contribution in [3.8, 4) is 0 Å². The molecule has 2 rings (SSSR count). The molecule has 0 aromatic carbocycles. The van der Waals surface area contributed by atoms with Gasteiger partial charge in [0.2, 0.25) is 0 Å². The molecule has 2 aromatic rings. The molecule has 0 aliphatic rings. The van der Waals surface area contributed by atoms with Crippen LogP contribution in [0, 0.1) is 0 Å². The summed E-state index contributed by atoms with van der Waals surface area (Å²) in [4.78, 5) is 6.58. The zero-order valence-corrected chi connectivity index (χ0v) is 7.20. The average Bonchev–Trinajstić information content (AvgIpc) is 2.60. The topological polar surface area (TPSA) is 28.7 Å². The minimum atomic E-state index is 0.759. The number of halogens is 1. The SMILES string of the molecule is Clc1cc[nH]c1.c1ccncc1. The molecule has 2 nitrogen and oxygen atoms in total. The van der Waals surface area contributed by atoms with Gasteiger partial charge >= 0.3 is 0 Å². The molecular formula is C9H9ClN2. The van der Waals surface area contributed by atoms with Crippen LogP contribution in [-0.4, -0.2) is 9.97 Å². The van der Waals surface area contributed by atoms with Gasteiger partial charge in [-0.3, -0.25) is 4.98 Å². The first-order valence-electron chi connectivity index (χ1n) is 3.53. The maximum atomic E-state index is 5.42. The van der Waals surface area contributed by atoms with E-state index in [9.17, 15) is 0 Å². The zero-order chi connectivity index (χ0) is 8.65. The van der Waals surface area contributed by atoms with Crippen molar-refractivity contribution in [1.29, 1.82) is 0 Å². The molecule has 2 aromatic heterocycles. The van der Waals surface area contributed by atoms with E-state index >= 15 is 0 Å². The van der Waals surface area contributed by atoms with Crippen molar-refractivity contribution in [2.24, 2.45) is 0 Å². The van der Waals surface area contributed by atoms with E-state index in [1.807, 2.05) is 18.2 Å². The average molecular weight is 181 g/mol. The second kappa shape index (κ2) is 5.38. The minimum Gasteiger partial charge on any atom is -0.366 e. The Morgan fingerprint density at radius 3 is 2.08 bits per heavy atom. The summed E-state index contributed by atoms with van der Waals surface area (Å²) in [6, 6.07) is 7.51. The monoisotopic (exact) mass is 180 g/mol. The second-order valence-electron chi connectivity index (χ2n) is 2.05. The zero-order valence-electron chi connectivity index (χ0n) is 6.44. The van der Waals surface area contributed by atoms with E-state index in [0.717, 1.165) is 5.02 Å². The summed E-state index contributed by atoms with van der Waals surface area (Å²) < 4.78 is 0. The number of pyridine rings is 1. The summed E-state index contributed by atoms with van der Waals surface area (Å²) in [6.07, 6.45) is 7.00. The molecule has 0 amide bonds. The van der Waals surface area contributed by atoms with Gasteiger partial charge in [-0.05, 0) is 18.2 Å². The molecule has 0 saturated carbocycles. The first-order chi connectivity index (χ1) is 5.89. The molecule has 0 spiro atoms. The molecule has 2 heterocycles. The second-order valence-corrected chi connectivity index (χ2v) is 2.49. The third-order valence-electron chi connectivity index (χ3n) is 1.13. The highest BCUT2D eigenvalue weighted by Gasteiger charge is 1.76. The molecule has 0 saturated heterocycles. The highest BCUT2D eigenvalue weighted by Crippen LogP contribution is 2.01. The lowest BCUT2D eigenvalue weighted by molar-refractivity contribution is 1.33. The van der Waals surface area contributed by atoms with Crippen LogP contribution in [0.1, 0.15) is 0 Å². The number of rotatable bonds is 0. The Bertz CT molecular complexity index is 252. The van der Waals surface area contributed by atoms with Gasteiger partial charge in [-0.1, -0.05) is 17.7 Å². The molecule has 3 heteroatoms. The molecule has 0 fully saturated rings. The molecule has 0 unspecified atom stereocenters. The predicted octanol–water partition coefficient (Wildman–Crippen LogP) is 2.75. The Hall–Kier alpha value is -1.28. The lowest BCUT2D eigenvalue weighted by Crippen LogP contribution is -1.58. The molecule has 1 N–H and O–H groups in total. The van der Waals surface area contributed by atoms with Gasteiger partial charge in [0.05, 0.1) is 5.02 Å². The third-order valence-corrected chi connectivity index (χ3v) is 1.36. The van der Waals surface area contributed by atoms with Crippen LogP contribution >= 0.6 is 11.6 Å². The van der Waals surface area contributed by atoms with Crippen molar-refractivity contribution in [1.82, 2.24) is 9.97 Å². The maximum Gasteiger partial charge on any atom is 0.0580 e. The smallest absolute Gasteiger partial charge is 0.0580 e. The fourth-order valence-corrected chi connectivity index (χ4v) is 0.742. The Labute approximate surface area is 76.2 Å². The van der Waals surface area contributed by atoms with Gasteiger partial charge < -0.3 is 4.98 Å². The molecule has 12 heavy (non-hydrogen) atoms. The number of hydrogen-bond acceptors (Lipinski definition) is 1. The number of aromatic amines is 1. The van der Waals surface area contributed by atoms with Gasteiger partial charge in [-0.2, -0.15) is 0 Å². The first kappa shape index (κ1) is 8.81. The van der Waals surface area contributed by atoms with Crippen molar-refractivity contribution in [3.63, 3.8) is 0 Å². The van der Waals surface area contributed by atoms with E-state index in [4.69, 9.17) is 11.6 Å². The summed E-state index contributed by atoms with van der Waals surface area (Å²) >= 11 is 5.42. The number of nitrogens with one attached hydrogen (secondary N) is 1. The molecule has 0 aliphatic heterocycles. The number of aromatic nitrogens is 2. The first-order valence-corrected chi connectivity index (χ1v) is 3.90. The fraction of sp³-hybridized carbons (Fsp3) is 0. The molecule has 0 bridgehead atoms. The van der Waals surface area contributed by atoms with Crippen LogP contribution in [0.2, 0.25) is 5.02 Å². The van der Waals surface area contributed by atoms with Gasteiger partial charge in [0.15, 0.2) is 0 Å². The molecular weight excluding hydrogens is 172 g/mol. The molecule has 0 radical (unpaired) electrons. The highest BCUT2D eigenvalue weighted by atomic mass is 35.5. The molecule has 62 valence electrons. The van der Waals surface area contributed by atoms with E-state index < -0.39 is 0 Å². The van der Waals surface area contributed by atoms with Crippen molar-refractivity contribution in [2.75, 3.05) is 0 Å². The van der Waals surface area contributed by atoms with Crippen molar-refractivity contribution in [2.45, 2.75) is 0 Å². The molecule has 0 atom stereocenters. The largest absolute Gasteiger partial charge is 0.366 e. The fourth-order valence-electron chi connectivity index (χ4n) is 0.616. The van der Waals surface area contributed by atoms with Crippen molar-refractivity contribution >= 4 is 11.6 Å². The van der Waals surface area contributed by atoms with Gasteiger partial charge in [0, 0.05) is 24.8 Å². The Morgan fingerprint density at radius 2 is 1.92 bits per heavy atom. The van der Waals surface area contributed by atoms with E-state index in [0.29, 0.717) is 0 Å². The van der Waals surface area contributed by atoms with Gasteiger partial charge in [0.25, 0.3) is 0 Å². The molecule has 0 aliphatic carbocycles. The normalized spacial score (nSPS) is 8.42. The van der Waals surface area contributed by atoms with Crippen molar-refractivity contribution in [3.05, 3.63) is 54.1 Å². The summed E-state index contributed by atoms with van der Waals surface area (Å²) in [7, 11) is 0. The van der Waals surface area contributed by atoms with Crippen LogP contribution in [-0.2, 0) is 0 Å². The maximum absolute atomic E-state index is 5.42. The lowest BCUT2D eigenvalue weighted by atomic mass is 10.5.